The van der Waals surface area contributed by atoms with Gasteiger partial charge in [0.15, 0.2) is 5.78 Å². The van der Waals surface area contributed by atoms with E-state index in [1.165, 1.54) is 31.2 Å². The second-order valence-corrected chi connectivity index (χ2v) is 6.48. The van der Waals surface area contributed by atoms with E-state index < -0.39 is 27.8 Å². The molecule has 0 bridgehead atoms. The van der Waals surface area contributed by atoms with E-state index in [4.69, 9.17) is 5.11 Å². The number of anilines is 1. The minimum Gasteiger partial charge on any atom is -0.481 e. The van der Waals surface area contributed by atoms with Gasteiger partial charge in [-0.1, -0.05) is 13.8 Å². The molecular formula is C13H17NO5S. The summed E-state index contributed by atoms with van der Waals surface area (Å²) in [6, 6.07) is 5.88. The molecule has 2 unspecified atom stereocenters. The minimum atomic E-state index is -3.36. The summed E-state index contributed by atoms with van der Waals surface area (Å²) in [4.78, 5) is 22.9. The van der Waals surface area contributed by atoms with Gasteiger partial charge < -0.3 is 5.11 Å². The second kappa shape index (κ2) is 6.04. The fourth-order valence-corrected chi connectivity index (χ4v) is 2.18. The van der Waals surface area contributed by atoms with Crippen molar-refractivity contribution in [3.63, 3.8) is 0 Å². The SMILES string of the molecule is CC(C(=O)O)C(C)C(=O)c1ccc(NS(C)(=O)=O)cc1. The number of carboxylic acids is 1. The number of carbonyl (C=O) groups is 2. The Bertz CT molecular complexity index is 606. The van der Waals surface area contributed by atoms with Crippen molar-refractivity contribution in [2.24, 2.45) is 11.8 Å². The van der Waals surface area contributed by atoms with Crippen LogP contribution in [0.2, 0.25) is 0 Å². The highest BCUT2D eigenvalue weighted by molar-refractivity contribution is 7.92. The molecule has 1 aromatic carbocycles. The molecule has 110 valence electrons. The van der Waals surface area contributed by atoms with E-state index in [1.54, 1.807) is 6.92 Å². The van der Waals surface area contributed by atoms with E-state index in [1.807, 2.05) is 0 Å². The molecular weight excluding hydrogens is 282 g/mol. The number of carbonyl (C=O) groups excluding carboxylic acids is 1. The molecule has 0 aliphatic carbocycles. The van der Waals surface area contributed by atoms with Crippen LogP contribution < -0.4 is 4.72 Å². The molecule has 6 nitrogen and oxygen atoms in total. The van der Waals surface area contributed by atoms with Crippen molar-refractivity contribution in [3.05, 3.63) is 29.8 Å². The molecule has 0 aliphatic heterocycles. The lowest BCUT2D eigenvalue weighted by molar-refractivity contribution is -0.142. The molecule has 0 saturated heterocycles. The fraction of sp³-hybridized carbons (Fsp3) is 0.385. The zero-order chi connectivity index (χ0) is 15.5. The summed E-state index contributed by atoms with van der Waals surface area (Å²) >= 11 is 0. The number of sulfonamides is 1. The summed E-state index contributed by atoms with van der Waals surface area (Å²) in [6.45, 7) is 3.04. The molecule has 1 rings (SSSR count). The maximum Gasteiger partial charge on any atom is 0.306 e. The number of aliphatic carboxylic acids is 1. The topological polar surface area (TPSA) is 101 Å². The first-order valence-electron chi connectivity index (χ1n) is 5.96. The number of nitrogens with one attached hydrogen (secondary N) is 1. The zero-order valence-corrected chi connectivity index (χ0v) is 12.3. The third kappa shape index (κ3) is 4.34. The van der Waals surface area contributed by atoms with Gasteiger partial charge in [0.1, 0.15) is 0 Å². The number of hydrogen-bond acceptors (Lipinski definition) is 4. The smallest absolute Gasteiger partial charge is 0.306 e. The van der Waals surface area contributed by atoms with E-state index in [0.29, 0.717) is 11.3 Å². The predicted molar refractivity (Wildman–Crippen MR) is 75.2 cm³/mol. The molecule has 2 atom stereocenters. The van der Waals surface area contributed by atoms with Crippen LogP contribution in [-0.2, 0) is 14.8 Å². The quantitative estimate of drug-likeness (QED) is 0.777. The third-order valence-electron chi connectivity index (χ3n) is 3.03. The Morgan fingerprint density at radius 1 is 1.10 bits per heavy atom. The van der Waals surface area contributed by atoms with Crippen LogP contribution in [0.3, 0.4) is 0 Å². The molecule has 2 N–H and O–H groups in total. The van der Waals surface area contributed by atoms with Crippen molar-refractivity contribution < 1.29 is 23.1 Å². The van der Waals surface area contributed by atoms with E-state index >= 15 is 0 Å². The highest BCUT2D eigenvalue weighted by atomic mass is 32.2. The minimum absolute atomic E-state index is 0.286. The highest BCUT2D eigenvalue weighted by Gasteiger charge is 2.26. The normalized spacial score (nSPS) is 14.3. The van der Waals surface area contributed by atoms with Gasteiger partial charge in [-0.3, -0.25) is 14.3 Å². The molecule has 0 radical (unpaired) electrons. The molecule has 20 heavy (non-hydrogen) atoms. The summed E-state index contributed by atoms with van der Waals surface area (Å²) in [5.41, 5.74) is 0.702. The molecule has 1 aromatic rings. The Morgan fingerprint density at radius 2 is 1.60 bits per heavy atom. The summed E-state index contributed by atoms with van der Waals surface area (Å²) < 4.78 is 24.4. The summed E-state index contributed by atoms with van der Waals surface area (Å²) in [5.74, 6) is -2.75. The molecule has 0 amide bonds. The van der Waals surface area contributed by atoms with Crippen LogP contribution in [0.25, 0.3) is 0 Å². The number of Topliss-reactive ketones (excluding diaryl/α,β-unsaturated/α-hetero) is 1. The molecule has 0 fully saturated rings. The van der Waals surface area contributed by atoms with Crippen molar-refractivity contribution >= 4 is 27.5 Å². The standard InChI is InChI=1S/C13H17NO5S/c1-8(9(2)13(16)17)12(15)10-4-6-11(7-5-10)14-20(3,18)19/h4-9,14H,1-3H3,(H,16,17). The Labute approximate surface area is 117 Å². The lowest BCUT2D eigenvalue weighted by Gasteiger charge is -2.15. The molecule has 0 spiro atoms. The van der Waals surface area contributed by atoms with Crippen molar-refractivity contribution in [1.29, 1.82) is 0 Å². The summed E-state index contributed by atoms with van der Waals surface area (Å²) in [6.07, 6.45) is 1.03. The van der Waals surface area contributed by atoms with E-state index in [2.05, 4.69) is 4.72 Å². The van der Waals surface area contributed by atoms with Gasteiger partial charge in [0, 0.05) is 17.2 Å². The van der Waals surface area contributed by atoms with Gasteiger partial charge in [0.05, 0.1) is 12.2 Å². The lowest BCUT2D eigenvalue weighted by Crippen LogP contribution is -2.25. The number of carboxylic acid groups (broad SMARTS) is 1. The Balaban J connectivity index is 2.88. The van der Waals surface area contributed by atoms with Gasteiger partial charge in [-0.2, -0.15) is 0 Å². The average Bonchev–Trinajstić information content (AvgIpc) is 2.35. The van der Waals surface area contributed by atoms with Gasteiger partial charge in [0.25, 0.3) is 0 Å². The van der Waals surface area contributed by atoms with Crippen LogP contribution in [0.4, 0.5) is 5.69 Å². The van der Waals surface area contributed by atoms with Crippen LogP contribution >= 0.6 is 0 Å². The molecule has 0 heterocycles. The van der Waals surface area contributed by atoms with Crippen LogP contribution in [0, 0.1) is 11.8 Å². The van der Waals surface area contributed by atoms with Crippen molar-refractivity contribution in [1.82, 2.24) is 0 Å². The van der Waals surface area contributed by atoms with Gasteiger partial charge in [-0.25, -0.2) is 8.42 Å². The van der Waals surface area contributed by atoms with Crippen molar-refractivity contribution in [2.45, 2.75) is 13.8 Å². The number of rotatable bonds is 6. The van der Waals surface area contributed by atoms with Crippen LogP contribution in [-0.4, -0.2) is 31.5 Å². The van der Waals surface area contributed by atoms with Gasteiger partial charge >= 0.3 is 5.97 Å². The zero-order valence-electron chi connectivity index (χ0n) is 11.5. The predicted octanol–water partition coefficient (Wildman–Crippen LogP) is 1.60. The lowest BCUT2D eigenvalue weighted by atomic mass is 9.88. The number of hydrogen-bond donors (Lipinski definition) is 2. The molecule has 7 heteroatoms. The van der Waals surface area contributed by atoms with Crippen molar-refractivity contribution in [3.8, 4) is 0 Å². The first-order chi connectivity index (χ1) is 9.11. The van der Waals surface area contributed by atoms with Crippen molar-refractivity contribution in [2.75, 3.05) is 11.0 Å². The number of ketones is 1. The summed E-state index contributed by atoms with van der Waals surface area (Å²) in [7, 11) is -3.36. The van der Waals surface area contributed by atoms with E-state index in [9.17, 15) is 18.0 Å². The molecule has 0 aliphatic rings. The Morgan fingerprint density at radius 3 is 2.00 bits per heavy atom. The van der Waals surface area contributed by atoms with Gasteiger partial charge in [-0.05, 0) is 24.3 Å². The first-order valence-corrected chi connectivity index (χ1v) is 7.86. The molecule has 0 aromatic heterocycles. The Kier molecular flexibility index (Phi) is 4.88. The van der Waals surface area contributed by atoms with Crippen LogP contribution in [0.15, 0.2) is 24.3 Å². The maximum absolute atomic E-state index is 12.1. The first kappa shape index (κ1) is 16.2. The Hall–Kier alpha value is -1.89. The molecule has 0 saturated carbocycles. The fourth-order valence-electron chi connectivity index (χ4n) is 1.62. The van der Waals surface area contributed by atoms with E-state index in [0.717, 1.165) is 6.26 Å². The van der Waals surface area contributed by atoms with Gasteiger partial charge in [0.2, 0.25) is 10.0 Å². The van der Waals surface area contributed by atoms with Crippen LogP contribution in [0.1, 0.15) is 24.2 Å². The third-order valence-corrected chi connectivity index (χ3v) is 3.63. The van der Waals surface area contributed by atoms with E-state index in [-0.39, 0.29) is 5.78 Å². The van der Waals surface area contributed by atoms with Crippen LogP contribution in [0.5, 0.6) is 0 Å². The maximum atomic E-state index is 12.1. The average molecular weight is 299 g/mol. The van der Waals surface area contributed by atoms with Gasteiger partial charge in [-0.15, -0.1) is 0 Å². The summed E-state index contributed by atoms with van der Waals surface area (Å²) in [5, 5.41) is 8.89. The monoisotopic (exact) mass is 299 g/mol. The highest BCUT2D eigenvalue weighted by Crippen LogP contribution is 2.19. The largest absolute Gasteiger partial charge is 0.481 e. The number of benzene rings is 1. The second-order valence-electron chi connectivity index (χ2n) is 4.73.